The number of furan rings is 1. The molecule has 0 radical (unpaired) electrons. The molecule has 0 fully saturated rings. The summed E-state index contributed by atoms with van der Waals surface area (Å²) < 4.78 is 9.85. The maximum Gasteiger partial charge on any atom is 0.305 e. The summed E-state index contributed by atoms with van der Waals surface area (Å²) in [6, 6.07) is 3.10. The number of hydrogen-bond donors (Lipinski definition) is 3. The van der Waals surface area contributed by atoms with Crippen molar-refractivity contribution in [3.05, 3.63) is 24.2 Å². The van der Waals surface area contributed by atoms with Crippen LogP contribution in [0.25, 0.3) is 0 Å². The first-order valence-corrected chi connectivity index (χ1v) is 6.70. The predicted octanol–water partition coefficient (Wildman–Crippen LogP) is 0.396. The van der Waals surface area contributed by atoms with Crippen LogP contribution in [0, 0.1) is 0 Å². The third-order valence-corrected chi connectivity index (χ3v) is 2.83. The van der Waals surface area contributed by atoms with Crippen LogP contribution in [-0.4, -0.2) is 48.7 Å². The first kappa shape index (κ1) is 17.7. The highest BCUT2D eigenvalue weighted by Crippen LogP contribution is 2.10. The summed E-state index contributed by atoms with van der Waals surface area (Å²) in [6.07, 6.45) is 1.14. The van der Waals surface area contributed by atoms with E-state index in [4.69, 9.17) is 14.3 Å². The summed E-state index contributed by atoms with van der Waals surface area (Å²) in [4.78, 5) is 34.3. The minimum absolute atomic E-state index is 0.0192. The van der Waals surface area contributed by atoms with Gasteiger partial charge in [0, 0.05) is 20.1 Å². The summed E-state index contributed by atoms with van der Waals surface area (Å²) in [6.45, 7) is 1.77. The zero-order chi connectivity index (χ0) is 16.6. The largest absolute Gasteiger partial charge is 0.481 e. The Kier molecular flexibility index (Phi) is 6.58. The van der Waals surface area contributed by atoms with Gasteiger partial charge in [0.05, 0.1) is 24.8 Å². The quantitative estimate of drug-likeness (QED) is 0.607. The average molecular weight is 312 g/mol. The Hall–Kier alpha value is -2.35. The number of nitrogens with one attached hydrogen (secondary N) is 2. The predicted molar refractivity (Wildman–Crippen MR) is 76.3 cm³/mol. The summed E-state index contributed by atoms with van der Waals surface area (Å²) in [5.41, 5.74) is -0.997. The Morgan fingerprint density at radius 3 is 2.68 bits per heavy atom. The number of carbonyl (C=O) groups is 3. The van der Waals surface area contributed by atoms with E-state index in [1.54, 1.807) is 13.0 Å². The Morgan fingerprint density at radius 2 is 2.14 bits per heavy atom. The zero-order valence-corrected chi connectivity index (χ0v) is 12.5. The molecule has 1 unspecified atom stereocenters. The van der Waals surface area contributed by atoms with Crippen molar-refractivity contribution in [1.29, 1.82) is 0 Å². The van der Waals surface area contributed by atoms with E-state index in [-0.39, 0.29) is 37.7 Å². The second kappa shape index (κ2) is 8.18. The Morgan fingerprint density at radius 1 is 1.41 bits per heavy atom. The number of carboxylic acids is 1. The molecule has 22 heavy (non-hydrogen) atoms. The lowest BCUT2D eigenvalue weighted by molar-refractivity contribution is -0.139. The van der Waals surface area contributed by atoms with Crippen LogP contribution in [0.4, 0.5) is 0 Å². The van der Waals surface area contributed by atoms with Crippen LogP contribution in [0.2, 0.25) is 0 Å². The van der Waals surface area contributed by atoms with Crippen molar-refractivity contribution >= 4 is 17.8 Å². The van der Waals surface area contributed by atoms with E-state index in [1.807, 2.05) is 0 Å². The van der Waals surface area contributed by atoms with Gasteiger partial charge in [0.1, 0.15) is 0 Å². The smallest absolute Gasteiger partial charge is 0.305 e. The Labute approximate surface area is 127 Å². The van der Waals surface area contributed by atoms with Crippen molar-refractivity contribution in [3.8, 4) is 0 Å². The van der Waals surface area contributed by atoms with Gasteiger partial charge in [0.15, 0.2) is 5.76 Å². The minimum atomic E-state index is -1.04. The van der Waals surface area contributed by atoms with E-state index in [9.17, 15) is 14.4 Å². The van der Waals surface area contributed by atoms with Crippen LogP contribution in [-0.2, 0) is 14.3 Å². The SMILES string of the molecule is COCC(C)(CC(=O)O)NC(=O)CCNC(=O)c1ccco1. The lowest BCUT2D eigenvalue weighted by Crippen LogP contribution is -2.51. The molecule has 1 heterocycles. The monoisotopic (exact) mass is 312 g/mol. The van der Waals surface area contributed by atoms with Gasteiger partial charge in [-0.05, 0) is 19.1 Å². The second-order valence-corrected chi connectivity index (χ2v) is 5.10. The first-order valence-electron chi connectivity index (χ1n) is 6.70. The van der Waals surface area contributed by atoms with Gasteiger partial charge in [-0.2, -0.15) is 0 Å². The number of methoxy groups -OCH3 is 1. The number of amides is 2. The fourth-order valence-electron chi connectivity index (χ4n) is 1.97. The molecule has 0 saturated carbocycles. The Bertz CT molecular complexity index is 513. The fourth-order valence-corrected chi connectivity index (χ4v) is 1.97. The number of ether oxygens (including phenoxy) is 1. The van der Waals surface area contributed by atoms with Gasteiger partial charge in [0.2, 0.25) is 5.91 Å². The third kappa shape index (κ3) is 5.96. The van der Waals surface area contributed by atoms with Gasteiger partial charge < -0.3 is 24.9 Å². The molecule has 1 atom stereocenters. The highest BCUT2D eigenvalue weighted by Gasteiger charge is 2.29. The lowest BCUT2D eigenvalue weighted by Gasteiger charge is -2.28. The zero-order valence-electron chi connectivity index (χ0n) is 12.5. The third-order valence-electron chi connectivity index (χ3n) is 2.83. The first-order chi connectivity index (χ1) is 10.4. The van der Waals surface area contributed by atoms with Crippen molar-refractivity contribution in [1.82, 2.24) is 10.6 Å². The summed E-state index contributed by atoms with van der Waals surface area (Å²) in [5, 5.41) is 14.0. The van der Waals surface area contributed by atoms with Crippen molar-refractivity contribution in [2.24, 2.45) is 0 Å². The van der Waals surface area contributed by atoms with Crippen molar-refractivity contribution in [3.63, 3.8) is 0 Å². The van der Waals surface area contributed by atoms with Gasteiger partial charge in [0.25, 0.3) is 5.91 Å². The molecule has 0 spiro atoms. The molecular weight excluding hydrogens is 292 g/mol. The number of carboxylic acid groups (broad SMARTS) is 1. The fraction of sp³-hybridized carbons (Fsp3) is 0.500. The van der Waals surface area contributed by atoms with E-state index < -0.39 is 17.4 Å². The van der Waals surface area contributed by atoms with Crippen molar-refractivity contribution in [2.45, 2.75) is 25.3 Å². The van der Waals surface area contributed by atoms with Gasteiger partial charge in [-0.25, -0.2) is 0 Å². The number of carbonyl (C=O) groups excluding carboxylic acids is 2. The van der Waals surface area contributed by atoms with Gasteiger partial charge >= 0.3 is 5.97 Å². The Balaban J connectivity index is 2.40. The second-order valence-electron chi connectivity index (χ2n) is 5.10. The molecule has 3 N–H and O–H groups in total. The summed E-state index contributed by atoms with van der Waals surface area (Å²) >= 11 is 0. The standard InChI is InChI=1S/C14H20N2O6/c1-14(9-21-2,8-12(18)19)16-11(17)5-6-15-13(20)10-4-3-7-22-10/h3-4,7H,5-6,8-9H2,1-2H3,(H,15,20)(H,16,17)(H,18,19). The summed E-state index contributed by atoms with van der Waals surface area (Å²) in [5.74, 6) is -1.66. The van der Waals surface area contributed by atoms with Gasteiger partial charge in [-0.15, -0.1) is 0 Å². The van der Waals surface area contributed by atoms with Crippen LogP contribution < -0.4 is 10.6 Å². The van der Waals surface area contributed by atoms with Crippen molar-refractivity contribution < 1.29 is 28.6 Å². The van der Waals surface area contributed by atoms with E-state index in [1.165, 1.54) is 19.4 Å². The highest BCUT2D eigenvalue weighted by molar-refractivity contribution is 5.91. The van der Waals surface area contributed by atoms with Crippen LogP contribution >= 0.6 is 0 Å². The van der Waals surface area contributed by atoms with Gasteiger partial charge in [-0.3, -0.25) is 14.4 Å². The molecule has 8 heteroatoms. The number of aliphatic carboxylic acids is 1. The topological polar surface area (TPSA) is 118 Å². The van der Waals surface area contributed by atoms with Crippen LogP contribution in [0.1, 0.15) is 30.3 Å². The molecule has 122 valence electrons. The molecule has 8 nitrogen and oxygen atoms in total. The molecule has 0 aliphatic heterocycles. The maximum atomic E-state index is 11.8. The lowest BCUT2D eigenvalue weighted by atomic mass is 9.98. The van der Waals surface area contributed by atoms with Crippen LogP contribution in [0.15, 0.2) is 22.8 Å². The van der Waals surface area contributed by atoms with E-state index in [0.29, 0.717) is 0 Å². The normalized spacial score (nSPS) is 13.2. The molecule has 0 aromatic carbocycles. The molecule has 0 bridgehead atoms. The van der Waals surface area contributed by atoms with Gasteiger partial charge in [-0.1, -0.05) is 0 Å². The molecule has 2 amide bonds. The average Bonchev–Trinajstić information content (AvgIpc) is 2.90. The van der Waals surface area contributed by atoms with Crippen LogP contribution in [0.5, 0.6) is 0 Å². The van der Waals surface area contributed by atoms with Crippen LogP contribution in [0.3, 0.4) is 0 Å². The molecule has 0 aliphatic rings. The molecule has 1 rings (SSSR count). The highest BCUT2D eigenvalue weighted by atomic mass is 16.5. The molecular formula is C14H20N2O6. The number of rotatable bonds is 9. The molecule has 1 aromatic rings. The van der Waals surface area contributed by atoms with E-state index in [2.05, 4.69) is 10.6 Å². The summed E-state index contributed by atoms with van der Waals surface area (Å²) in [7, 11) is 1.43. The molecule has 0 aliphatic carbocycles. The minimum Gasteiger partial charge on any atom is -0.481 e. The number of hydrogen-bond acceptors (Lipinski definition) is 5. The molecule has 1 aromatic heterocycles. The van der Waals surface area contributed by atoms with Crippen molar-refractivity contribution in [2.75, 3.05) is 20.3 Å². The van der Waals surface area contributed by atoms with E-state index >= 15 is 0 Å². The maximum absolute atomic E-state index is 11.8. The van der Waals surface area contributed by atoms with E-state index in [0.717, 1.165) is 0 Å². The molecule has 0 saturated heterocycles.